The predicted molar refractivity (Wildman–Crippen MR) is 97.9 cm³/mol. The van der Waals surface area contributed by atoms with Crippen LogP contribution in [-0.2, 0) is 5.75 Å². The van der Waals surface area contributed by atoms with Crippen LogP contribution in [0.15, 0.2) is 50.6 Å². The largest absolute Gasteiger partial charge is 0.431 e. The Hall–Kier alpha value is -2.39. The number of aryl methyl sites for hydroxylation is 1. The lowest BCUT2D eigenvalue weighted by Gasteiger charge is -2.00. The molecule has 0 atom stereocenters. The molecule has 0 fully saturated rings. The van der Waals surface area contributed by atoms with Crippen LogP contribution in [0, 0.1) is 17.0 Å². The second kappa shape index (κ2) is 6.16. The van der Waals surface area contributed by atoms with Gasteiger partial charge in [0.05, 0.1) is 10.6 Å². The Balaban J connectivity index is 1.61. The molecule has 7 nitrogen and oxygen atoms in total. The zero-order chi connectivity index (χ0) is 17.6. The summed E-state index contributed by atoms with van der Waals surface area (Å²) in [4.78, 5) is 19.3. The van der Waals surface area contributed by atoms with Crippen LogP contribution in [0.4, 0.5) is 5.69 Å². The van der Waals surface area contributed by atoms with E-state index in [4.69, 9.17) is 4.42 Å². The van der Waals surface area contributed by atoms with Crippen molar-refractivity contribution < 1.29 is 9.34 Å². The number of aromatic nitrogens is 3. The standard InChI is InChI=1S/C16H11BrN4O3S/c1-9-3-2-4-14-18-12(15(17)20(9)14)8-25-16-19-11-7-10(21(22)23)5-6-13(11)24-16/h2-7H,8H2,1H3. The molecule has 0 spiro atoms. The summed E-state index contributed by atoms with van der Waals surface area (Å²) in [6, 6.07) is 10.3. The fourth-order valence-electron chi connectivity index (χ4n) is 2.55. The summed E-state index contributed by atoms with van der Waals surface area (Å²) in [7, 11) is 0. The van der Waals surface area contributed by atoms with Crippen LogP contribution in [0.25, 0.3) is 16.7 Å². The topological polar surface area (TPSA) is 86.5 Å². The third kappa shape index (κ3) is 2.89. The SMILES string of the molecule is Cc1cccc2nc(CSc3nc4cc([N+](=O)[O-])ccc4o3)c(Br)n12. The van der Waals surface area contributed by atoms with Crippen molar-refractivity contribution in [1.29, 1.82) is 0 Å². The molecular weight excluding hydrogens is 408 g/mol. The number of imidazole rings is 1. The van der Waals surface area contributed by atoms with Gasteiger partial charge in [0.1, 0.15) is 15.8 Å². The van der Waals surface area contributed by atoms with Gasteiger partial charge in [0.2, 0.25) is 0 Å². The van der Waals surface area contributed by atoms with Gasteiger partial charge in [-0.3, -0.25) is 14.5 Å². The van der Waals surface area contributed by atoms with Gasteiger partial charge in [0, 0.05) is 23.6 Å². The van der Waals surface area contributed by atoms with Crippen molar-refractivity contribution in [2.45, 2.75) is 17.9 Å². The number of rotatable bonds is 4. The molecule has 3 heterocycles. The van der Waals surface area contributed by atoms with Gasteiger partial charge in [-0.25, -0.2) is 9.97 Å². The molecule has 4 aromatic rings. The van der Waals surface area contributed by atoms with Gasteiger partial charge in [0.15, 0.2) is 5.58 Å². The van der Waals surface area contributed by atoms with Crippen LogP contribution in [-0.4, -0.2) is 19.3 Å². The molecule has 0 radical (unpaired) electrons. The van der Waals surface area contributed by atoms with Crippen molar-refractivity contribution in [3.05, 3.63) is 62.5 Å². The van der Waals surface area contributed by atoms with Crippen molar-refractivity contribution in [3.8, 4) is 0 Å². The molecule has 0 unspecified atom stereocenters. The zero-order valence-electron chi connectivity index (χ0n) is 13.0. The van der Waals surface area contributed by atoms with E-state index >= 15 is 0 Å². The summed E-state index contributed by atoms with van der Waals surface area (Å²) in [5.41, 5.74) is 3.83. The zero-order valence-corrected chi connectivity index (χ0v) is 15.4. The number of nitro benzene ring substituents is 1. The first-order chi connectivity index (χ1) is 12.0. The van der Waals surface area contributed by atoms with E-state index in [1.807, 2.05) is 29.5 Å². The van der Waals surface area contributed by atoms with Crippen molar-refractivity contribution in [2.24, 2.45) is 0 Å². The molecule has 0 aliphatic carbocycles. The van der Waals surface area contributed by atoms with Crippen LogP contribution in [0.1, 0.15) is 11.4 Å². The lowest BCUT2D eigenvalue weighted by molar-refractivity contribution is -0.384. The number of non-ortho nitro benzene ring substituents is 1. The Morgan fingerprint density at radius 1 is 1.32 bits per heavy atom. The van der Waals surface area contributed by atoms with Crippen LogP contribution >= 0.6 is 27.7 Å². The Morgan fingerprint density at radius 3 is 2.92 bits per heavy atom. The highest BCUT2D eigenvalue weighted by molar-refractivity contribution is 9.10. The highest BCUT2D eigenvalue weighted by Crippen LogP contribution is 2.30. The Morgan fingerprint density at radius 2 is 2.16 bits per heavy atom. The maximum atomic E-state index is 10.8. The average Bonchev–Trinajstić information content (AvgIpc) is 3.13. The third-order valence-electron chi connectivity index (χ3n) is 3.74. The fraction of sp³-hybridized carbons (Fsp3) is 0.125. The van der Waals surface area contributed by atoms with Crippen LogP contribution < -0.4 is 0 Å². The predicted octanol–water partition coefficient (Wildman–Crippen LogP) is 4.75. The van der Waals surface area contributed by atoms with E-state index in [0.29, 0.717) is 22.1 Å². The molecule has 4 rings (SSSR count). The summed E-state index contributed by atoms with van der Waals surface area (Å²) in [5.74, 6) is 0.566. The average molecular weight is 419 g/mol. The monoisotopic (exact) mass is 418 g/mol. The van der Waals surface area contributed by atoms with Gasteiger partial charge in [-0.1, -0.05) is 17.8 Å². The minimum Gasteiger partial charge on any atom is -0.431 e. The van der Waals surface area contributed by atoms with E-state index in [2.05, 4.69) is 25.9 Å². The first kappa shape index (κ1) is 16.1. The van der Waals surface area contributed by atoms with Gasteiger partial charge < -0.3 is 4.42 Å². The normalized spacial score (nSPS) is 11.4. The second-order valence-electron chi connectivity index (χ2n) is 5.39. The summed E-state index contributed by atoms with van der Waals surface area (Å²) < 4.78 is 8.58. The molecule has 0 aliphatic heterocycles. The smallest absolute Gasteiger partial charge is 0.271 e. The molecule has 0 N–H and O–H groups in total. The van der Waals surface area contributed by atoms with Crippen molar-refractivity contribution >= 4 is 50.1 Å². The quantitative estimate of drug-likeness (QED) is 0.270. The Kier molecular flexibility index (Phi) is 3.97. The molecule has 9 heteroatoms. The molecule has 0 aliphatic rings. The Bertz CT molecular complexity index is 1120. The molecule has 0 saturated carbocycles. The van der Waals surface area contributed by atoms with Crippen LogP contribution in [0.5, 0.6) is 0 Å². The number of oxazole rings is 1. The molecule has 1 aromatic carbocycles. The third-order valence-corrected chi connectivity index (χ3v) is 5.39. The molecular formula is C16H11BrN4O3S. The highest BCUT2D eigenvalue weighted by Gasteiger charge is 2.15. The fourth-order valence-corrected chi connectivity index (χ4v) is 4.20. The minimum atomic E-state index is -0.447. The van der Waals surface area contributed by atoms with Gasteiger partial charge in [-0.2, -0.15) is 0 Å². The van der Waals surface area contributed by atoms with Crippen molar-refractivity contribution in [3.63, 3.8) is 0 Å². The second-order valence-corrected chi connectivity index (χ2v) is 7.07. The van der Waals surface area contributed by atoms with Gasteiger partial charge in [-0.15, -0.1) is 0 Å². The number of nitro groups is 1. The van der Waals surface area contributed by atoms with Crippen molar-refractivity contribution in [1.82, 2.24) is 14.4 Å². The number of hydrogen-bond donors (Lipinski definition) is 0. The van der Waals surface area contributed by atoms with Crippen LogP contribution in [0.2, 0.25) is 0 Å². The van der Waals surface area contributed by atoms with E-state index < -0.39 is 4.92 Å². The Labute approximate surface area is 154 Å². The van der Waals surface area contributed by atoms with Crippen molar-refractivity contribution in [2.75, 3.05) is 0 Å². The molecule has 0 saturated heterocycles. The molecule has 0 amide bonds. The molecule has 0 bridgehead atoms. The van der Waals surface area contributed by atoms with E-state index in [9.17, 15) is 10.1 Å². The molecule has 126 valence electrons. The summed E-state index contributed by atoms with van der Waals surface area (Å²) in [6.07, 6.45) is 0. The van der Waals surface area contributed by atoms with Crippen LogP contribution in [0.3, 0.4) is 0 Å². The van der Waals surface area contributed by atoms with E-state index in [-0.39, 0.29) is 5.69 Å². The number of halogens is 1. The van der Waals surface area contributed by atoms with E-state index in [0.717, 1.165) is 21.6 Å². The summed E-state index contributed by atoms with van der Waals surface area (Å²) in [6.45, 7) is 2.02. The van der Waals surface area contributed by atoms with Gasteiger partial charge >= 0.3 is 0 Å². The van der Waals surface area contributed by atoms with Gasteiger partial charge in [0.25, 0.3) is 10.9 Å². The number of pyridine rings is 1. The number of nitrogens with zero attached hydrogens (tertiary/aromatic N) is 4. The first-order valence-corrected chi connectivity index (χ1v) is 9.11. The number of benzene rings is 1. The number of hydrogen-bond acceptors (Lipinski definition) is 6. The van der Waals surface area contributed by atoms with E-state index in [1.54, 1.807) is 6.07 Å². The molecule has 3 aromatic heterocycles. The minimum absolute atomic E-state index is 0.00378. The first-order valence-electron chi connectivity index (χ1n) is 7.33. The summed E-state index contributed by atoms with van der Waals surface area (Å²) >= 11 is 4.99. The number of fused-ring (bicyclic) bond motifs is 2. The maximum absolute atomic E-state index is 10.8. The van der Waals surface area contributed by atoms with E-state index in [1.165, 1.54) is 23.9 Å². The van der Waals surface area contributed by atoms with Gasteiger partial charge in [-0.05, 0) is 41.1 Å². The number of thioether (sulfide) groups is 1. The highest BCUT2D eigenvalue weighted by atomic mass is 79.9. The maximum Gasteiger partial charge on any atom is 0.271 e. The summed E-state index contributed by atoms with van der Waals surface area (Å²) in [5, 5.41) is 11.3. The lowest BCUT2D eigenvalue weighted by Crippen LogP contribution is -1.90. The molecule has 25 heavy (non-hydrogen) atoms. The lowest BCUT2D eigenvalue weighted by atomic mass is 10.3.